The van der Waals surface area contributed by atoms with Gasteiger partial charge in [-0.1, -0.05) is 6.92 Å². The van der Waals surface area contributed by atoms with Crippen molar-refractivity contribution in [2.75, 3.05) is 45.1 Å². The van der Waals surface area contributed by atoms with E-state index in [1.807, 2.05) is 6.92 Å². The zero-order valence-electron chi connectivity index (χ0n) is 15.0. The second-order valence-electron chi connectivity index (χ2n) is 6.69. The molecule has 2 rings (SSSR count). The minimum absolute atomic E-state index is 0.0469. The zero-order chi connectivity index (χ0) is 17.4. The first kappa shape index (κ1) is 19.5. The molecule has 0 radical (unpaired) electrons. The van der Waals surface area contributed by atoms with E-state index in [-0.39, 0.29) is 12.3 Å². The molecule has 0 aromatic carbocycles. The van der Waals surface area contributed by atoms with Gasteiger partial charge in [-0.05, 0) is 38.5 Å². The Hall–Kier alpha value is -0.860. The molecule has 2 fully saturated rings. The average molecular weight is 361 g/mol. The Kier molecular flexibility index (Phi) is 7.77. The molecule has 7 nitrogen and oxygen atoms in total. The van der Waals surface area contributed by atoms with Gasteiger partial charge in [0, 0.05) is 25.7 Å². The molecular formula is C16H32N4O3S. The summed E-state index contributed by atoms with van der Waals surface area (Å²) in [5, 5.41) is 6.67. The van der Waals surface area contributed by atoms with Gasteiger partial charge in [0.2, 0.25) is 10.0 Å². The van der Waals surface area contributed by atoms with Crippen molar-refractivity contribution in [3.63, 3.8) is 0 Å². The lowest BCUT2D eigenvalue weighted by Crippen LogP contribution is -2.45. The topological polar surface area (TPSA) is 83.0 Å². The van der Waals surface area contributed by atoms with E-state index in [0.717, 1.165) is 31.3 Å². The number of hydrogen-bond donors (Lipinski definition) is 2. The van der Waals surface area contributed by atoms with E-state index in [4.69, 9.17) is 4.74 Å². The number of hydrogen-bond acceptors (Lipinski definition) is 4. The fraction of sp³-hybridized carbons (Fsp3) is 0.938. The van der Waals surface area contributed by atoms with Crippen molar-refractivity contribution < 1.29 is 13.2 Å². The monoisotopic (exact) mass is 360 g/mol. The quantitative estimate of drug-likeness (QED) is 0.540. The number of nitrogens with one attached hydrogen (secondary N) is 2. The molecule has 1 saturated heterocycles. The van der Waals surface area contributed by atoms with E-state index in [0.29, 0.717) is 32.3 Å². The molecule has 0 aromatic heterocycles. The van der Waals surface area contributed by atoms with Crippen LogP contribution in [0.25, 0.3) is 0 Å². The fourth-order valence-corrected chi connectivity index (χ4v) is 4.43. The minimum atomic E-state index is -3.24. The van der Waals surface area contributed by atoms with E-state index in [9.17, 15) is 8.42 Å². The molecule has 1 aliphatic carbocycles. The zero-order valence-corrected chi connectivity index (χ0v) is 15.8. The van der Waals surface area contributed by atoms with Gasteiger partial charge in [-0.15, -0.1) is 0 Å². The largest absolute Gasteiger partial charge is 0.379 e. The molecule has 0 amide bonds. The van der Waals surface area contributed by atoms with E-state index in [1.54, 1.807) is 0 Å². The van der Waals surface area contributed by atoms with Crippen molar-refractivity contribution >= 4 is 16.0 Å². The number of ether oxygens (including phenoxy) is 1. The first-order valence-corrected chi connectivity index (χ1v) is 10.7. The number of aliphatic imine (C=N–C) groups is 1. The molecule has 1 saturated carbocycles. The maximum atomic E-state index is 12.3. The third kappa shape index (κ3) is 6.22. The average Bonchev–Trinajstić information content (AvgIpc) is 2.58. The predicted octanol–water partition coefficient (Wildman–Crippen LogP) is 0.782. The Balaban J connectivity index is 1.83. The minimum Gasteiger partial charge on any atom is -0.379 e. The first-order valence-electron chi connectivity index (χ1n) is 9.11. The molecular weight excluding hydrogens is 328 g/mol. The van der Waals surface area contributed by atoms with Crippen LogP contribution in [0.2, 0.25) is 0 Å². The van der Waals surface area contributed by atoms with Gasteiger partial charge in [-0.3, -0.25) is 4.99 Å². The molecule has 1 aliphatic heterocycles. The van der Waals surface area contributed by atoms with Gasteiger partial charge >= 0.3 is 0 Å². The van der Waals surface area contributed by atoms with E-state index in [2.05, 4.69) is 22.5 Å². The van der Waals surface area contributed by atoms with Crippen LogP contribution in [-0.4, -0.2) is 69.9 Å². The highest BCUT2D eigenvalue weighted by Crippen LogP contribution is 2.23. The van der Waals surface area contributed by atoms with Crippen LogP contribution in [0.3, 0.4) is 0 Å². The van der Waals surface area contributed by atoms with Gasteiger partial charge in [0.05, 0.1) is 25.5 Å². The second-order valence-corrected chi connectivity index (χ2v) is 8.78. The third-order valence-electron chi connectivity index (χ3n) is 4.68. The van der Waals surface area contributed by atoms with Crippen LogP contribution >= 0.6 is 0 Å². The van der Waals surface area contributed by atoms with Gasteiger partial charge in [0.25, 0.3) is 0 Å². The van der Waals surface area contributed by atoms with E-state index in [1.165, 1.54) is 17.1 Å². The van der Waals surface area contributed by atoms with Crippen LogP contribution in [0.5, 0.6) is 0 Å². The number of rotatable bonds is 6. The van der Waals surface area contributed by atoms with Gasteiger partial charge in [0.15, 0.2) is 5.96 Å². The Morgan fingerprint density at radius 3 is 2.50 bits per heavy atom. The maximum Gasteiger partial charge on any atom is 0.216 e. The summed E-state index contributed by atoms with van der Waals surface area (Å²) < 4.78 is 31.3. The lowest BCUT2D eigenvalue weighted by atomic mass is 9.87. The van der Waals surface area contributed by atoms with Crippen molar-refractivity contribution in [2.45, 2.75) is 45.6 Å². The molecule has 0 bridgehead atoms. The molecule has 8 heteroatoms. The summed E-state index contributed by atoms with van der Waals surface area (Å²) in [5.74, 6) is 1.58. The van der Waals surface area contributed by atoms with Crippen molar-refractivity contribution in [3.8, 4) is 0 Å². The first-order chi connectivity index (χ1) is 11.5. The number of guanidine groups is 1. The molecule has 2 aliphatic rings. The Morgan fingerprint density at radius 2 is 1.88 bits per heavy atom. The molecule has 0 atom stereocenters. The fourth-order valence-electron chi connectivity index (χ4n) is 3.14. The summed E-state index contributed by atoms with van der Waals surface area (Å²) in [4.78, 5) is 4.46. The normalized spacial score (nSPS) is 27.0. The maximum absolute atomic E-state index is 12.3. The standard InChI is InChI=1S/C16H32N4O3S/c1-3-17-16(19-15-6-4-14(2)5-7-15)18-8-13-24(21,22)20-9-11-23-12-10-20/h14-15H,3-13H2,1-2H3,(H2,17,18,19). The van der Waals surface area contributed by atoms with E-state index >= 15 is 0 Å². The van der Waals surface area contributed by atoms with Crippen molar-refractivity contribution in [3.05, 3.63) is 0 Å². The van der Waals surface area contributed by atoms with E-state index < -0.39 is 10.0 Å². The number of morpholine rings is 1. The summed E-state index contributed by atoms with van der Waals surface area (Å²) in [7, 11) is -3.24. The summed E-state index contributed by atoms with van der Waals surface area (Å²) in [6.45, 7) is 7.22. The second kappa shape index (κ2) is 9.58. The van der Waals surface area contributed by atoms with Crippen LogP contribution in [0.1, 0.15) is 39.5 Å². The molecule has 1 heterocycles. The van der Waals surface area contributed by atoms with Gasteiger partial charge in [-0.25, -0.2) is 8.42 Å². The lowest BCUT2D eigenvalue weighted by Gasteiger charge is -2.28. The molecule has 2 N–H and O–H groups in total. The van der Waals surface area contributed by atoms with Crippen LogP contribution in [-0.2, 0) is 14.8 Å². The smallest absolute Gasteiger partial charge is 0.216 e. The summed E-state index contributed by atoms with van der Waals surface area (Å²) in [6, 6.07) is 0.440. The highest BCUT2D eigenvalue weighted by atomic mass is 32.2. The number of nitrogens with zero attached hydrogens (tertiary/aromatic N) is 2. The number of sulfonamides is 1. The highest BCUT2D eigenvalue weighted by Gasteiger charge is 2.24. The molecule has 0 unspecified atom stereocenters. The molecule has 140 valence electrons. The Labute approximate surface area is 146 Å². The van der Waals surface area contributed by atoms with Crippen molar-refractivity contribution in [2.24, 2.45) is 10.9 Å². The summed E-state index contributed by atoms with van der Waals surface area (Å²) >= 11 is 0. The predicted molar refractivity (Wildman–Crippen MR) is 96.7 cm³/mol. The molecule has 0 spiro atoms. The molecule has 24 heavy (non-hydrogen) atoms. The lowest BCUT2D eigenvalue weighted by molar-refractivity contribution is 0.0731. The van der Waals surface area contributed by atoms with Gasteiger partial charge in [0.1, 0.15) is 0 Å². The van der Waals surface area contributed by atoms with Crippen molar-refractivity contribution in [1.82, 2.24) is 14.9 Å². The molecule has 0 aromatic rings. The summed E-state index contributed by atoms with van der Waals surface area (Å²) in [5.41, 5.74) is 0. The van der Waals surface area contributed by atoms with Gasteiger partial charge in [-0.2, -0.15) is 4.31 Å². The third-order valence-corrected chi connectivity index (χ3v) is 6.53. The van der Waals surface area contributed by atoms with Crippen LogP contribution < -0.4 is 10.6 Å². The highest BCUT2D eigenvalue weighted by molar-refractivity contribution is 7.89. The van der Waals surface area contributed by atoms with Crippen molar-refractivity contribution in [1.29, 1.82) is 0 Å². The SMILES string of the molecule is CCNC(=NCCS(=O)(=O)N1CCOCC1)NC1CCC(C)CC1. The van der Waals surface area contributed by atoms with Crippen LogP contribution in [0.15, 0.2) is 4.99 Å². The Morgan fingerprint density at radius 1 is 1.21 bits per heavy atom. The van der Waals surface area contributed by atoms with Crippen LogP contribution in [0, 0.1) is 5.92 Å². The summed E-state index contributed by atoms with van der Waals surface area (Å²) in [6.07, 6.45) is 4.78. The van der Waals surface area contributed by atoms with Crippen LogP contribution in [0.4, 0.5) is 0 Å². The Bertz CT molecular complexity index is 495. The van der Waals surface area contributed by atoms with Gasteiger partial charge < -0.3 is 15.4 Å².